The molecular weight excluding hydrogens is 224 g/mol. The van der Waals surface area contributed by atoms with E-state index in [-0.39, 0.29) is 0 Å². The molecule has 0 saturated heterocycles. The van der Waals surface area contributed by atoms with Crippen molar-refractivity contribution in [1.82, 2.24) is 24.7 Å². The zero-order valence-corrected chi connectivity index (χ0v) is 8.98. The lowest BCUT2D eigenvalue weighted by Gasteiger charge is -1.96. The van der Waals surface area contributed by atoms with E-state index in [9.17, 15) is 0 Å². The Morgan fingerprint density at radius 3 is 2.94 bits per heavy atom. The van der Waals surface area contributed by atoms with E-state index in [4.69, 9.17) is 5.73 Å². The quantitative estimate of drug-likeness (QED) is 0.697. The van der Waals surface area contributed by atoms with E-state index in [0.29, 0.717) is 5.82 Å². The maximum Gasteiger partial charge on any atom is 0.143 e. The van der Waals surface area contributed by atoms with Gasteiger partial charge in [0.2, 0.25) is 0 Å². The van der Waals surface area contributed by atoms with Crippen LogP contribution in [0.15, 0.2) is 29.6 Å². The summed E-state index contributed by atoms with van der Waals surface area (Å²) in [6.07, 6.45) is 5.22. The average molecular weight is 232 g/mol. The highest BCUT2D eigenvalue weighted by atomic mass is 32.1. The lowest BCUT2D eigenvalue weighted by atomic mass is 10.4. The second kappa shape index (κ2) is 3.46. The number of imidazole rings is 1. The van der Waals surface area contributed by atoms with E-state index in [0.717, 1.165) is 17.1 Å². The van der Waals surface area contributed by atoms with Crippen LogP contribution >= 0.6 is 11.3 Å². The third kappa shape index (κ3) is 1.38. The summed E-state index contributed by atoms with van der Waals surface area (Å²) in [6, 6.07) is 0. The van der Waals surface area contributed by atoms with Gasteiger partial charge in [-0.25, -0.2) is 9.97 Å². The highest BCUT2D eigenvalue weighted by molar-refractivity contribution is 7.07. The van der Waals surface area contributed by atoms with Crippen molar-refractivity contribution >= 4 is 17.2 Å². The number of aromatic amines is 1. The van der Waals surface area contributed by atoms with Gasteiger partial charge in [-0.3, -0.25) is 5.10 Å². The molecule has 0 aliphatic heterocycles. The zero-order chi connectivity index (χ0) is 11.0. The standard InChI is InChI=1S/C9H8N6S/c10-9-8(1-13-14-9)15-2-6(11-4-15)7-3-16-5-12-7/h1-5H,(H3,10,13,14). The van der Waals surface area contributed by atoms with Crippen LogP contribution in [-0.2, 0) is 0 Å². The van der Waals surface area contributed by atoms with Crippen LogP contribution < -0.4 is 5.73 Å². The molecule has 7 heteroatoms. The number of thiazole rings is 1. The Balaban J connectivity index is 2.03. The predicted molar refractivity (Wildman–Crippen MR) is 61.2 cm³/mol. The van der Waals surface area contributed by atoms with Crippen LogP contribution in [0.5, 0.6) is 0 Å². The van der Waals surface area contributed by atoms with Crippen LogP contribution in [0.4, 0.5) is 5.82 Å². The largest absolute Gasteiger partial charge is 0.382 e. The topological polar surface area (TPSA) is 85.4 Å². The van der Waals surface area contributed by atoms with Gasteiger partial charge in [-0.15, -0.1) is 11.3 Å². The third-order valence-electron chi connectivity index (χ3n) is 2.20. The van der Waals surface area contributed by atoms with Crippen LogP contribution in [0.1, 0.15) is 0 Å². The Kier molecular flexibility index (Phi) is 1.97. The van der Waals surface area contributed by atoms with Crippen molar-refractivity contribution in [2.24, 2.45) is 0 Å². The van der Waals surface area contributed by atoms with Crippen molar-refractivity contribution in [3.63, 3.8) is 0 Å². The average Bonchev–Trinajstić information content (AvgIpc) is 2.96. The van der Waals surface area contributed by atoms with Crippen molar-refractivity contribution in [3.05, 3.63) is 29.6 Å². The van der Waals surface area contributed by atoms with Crippen LogP contribution in [-0.4, -0.2) is 24.7 Å². The molecule has 0 aliphatic rings. The van der Waals surface area contributed by atoms with Crippen molar-refractivity contribution in [2.75, 3.05) is 5.73 Å². The van der Waals surface area contributed by atoms with Gasteiger partial charge in [-0.05, 0) is 0 Å². The fourth-order valence-corrected chi connectivity index (χ4v) is 1.97. The Morgan fingerprint density at radius 1 is 1.31 bits per heavy atom. The first-order valence-corrected chi connectivity index (χ1v) is 5.50. The molecule has 3 aromatic rings. The van der Waals surface area contributed by atoms with Gasteiger partial charge in [-0.2, -0.15) is 5.10 Å². The summed E-state index contributed by atoms with van der Waals surface area (Å²) in [5, 5.41) is 8.48. The first-order valence-electron chi connectivity index (χ1n) is 4.56. The Morgan fingerprint density at radius 2 is 2.25 bits per heavy atom. The minimum atomic E-state index is 0.516. The first-order chi connectivity index (χ1) is 7.84. The molecule has 0 radical (unpaired) electrons. The van der Waals surface area contributed by atoms with Crippen LogP contribution in [0.2, 0.25) is 0 Å². The van der Waals surface area contributed by atoms with Crippen molar-refractivity contribution in [1.29, 1.82) is 0 Å². The number of nitrogens with two attached hydrogens (primary N) is 1. The maximum atomic E-state index is 5.72. The summed E-state index contributed by atoms with van der Waals surface area (Å²) in [5.74, 6) is 0.516. The fourth-order valence-electron chi connectivity index (χ4n) is 1.42. The number of nitrogens with zero attached hydrogens (tertiary/aromatic N) is 4. The molecule has 0 spiro atoms. The molecule has 3 rings (SSSR count). The van der Waals surface area contributed by atoms with Crippen LogP contribution in [0, 0.1) is 0 Å². The summed E-state index contributed by atoms with van der Waals surface area (Å²) in [7, 11) is 0. The van der Waals surface area contributed by atoms with E-state index in [2.05, 4.69) is 20.2 Å². The second-order valence-electron chi connectivity index (χ2n) is 3.21. The molecule has 0 aliphatic carbocycles. The molecule has 0 aromatic carbocycles. The van der Waals surface area contributed by atoms with E-state index in [1.54, 1.807) is 29.4 Å². The monoisotopic (exact) mass is 232 g/mol. The minimum absolute atomic E-state index is 0.516. The molecule has 3 aromatic heterocycles. The minimum Gasteiger partial charge on any atom is -0.382 e. The number of aromatic nitrogens is 5. The van der Waals surface area contributed by atoms with Gasteiger partial charge >= 0.3 is 0 Å². The lowest BCUT2D eigenvalue weighted by molar-refractivity contribution is 1.06. The highest BCUT2D eigenvalue weighted by Gasteiger charge is 2.07. The number of H-pyrrole nitrogens is 1. The second-order valence-corrected chi connectivity index (χ2v) is 3.93. The number of hydrogen-bond donors (Lipinski definition) is 2. The molecule has 0 unspecified atom stereocenters. The molecule has 80 valence electrons. The molecule has 16 heavy (non-hydrogen) atoms. The normalized spacial score (nSPS) is 10.8. The van der Waals surface area contributed by atoms with E-state index >= 15 is 0 Å². The molecule has 0 bridgehead atoms. The Labute approximate surface area is 94.8 Å². The van der Waals surface area contributed by atoms with Gasteiger partial charge in [0.05, 0.1) is 11.7 Å². The van der Waals surface area contributed by atoms with Crippen molar-refractivity contribution in [2.45, 2.75) is 0 Å². The fraction of sp³-hybridized carbons (Fsp3) is 0. The van der Waals surface area contributed by atoms with Crippen LogP contribution in [0.25, 0.3) is 17.1 Å². The van der Waals surface area contributed by atoms with Gasteiger partial charge in [0.15, 0.2) is 0 Å². The molecule has 0 atom stereocenters. The maximum absolute atomic E-state index is 5.72. The third-order valence-corrected chi connectivity index (χ3v) is 2.79. The van der Waals surface area contributed by atoms with Gasteiger partial charge in [0.25, 0.3) is 0 Å². The molecule has 3 N–H and O–H groups in total. The molecule has 0 fully saturated rings. The van der Waals surface area contributed by atoms with Gasteiger partial charge in [-0.1, -0.05) is 0 Å². The summed E-state index contributed by atoms with van der Waals surface area (Å²) in [6.45, 7) is 0. The van der Waals surface area contributed by atoms with E-state index < -0.39 is 0 Å². The van der Waals surface area contributed by atoms with E-state index in [1.807, 2.05) is 16.1 Å². The highest BCUT2D eigenvalue weighted by Crippen LogP contribution is 2.20. The molecule has 3 heterocycles. The zero-order valence-electron chi connectivity index (χ0n) is 8.16. The summed E-state index contributed by atoms with van der Waals surface area (Å²) in [4.78, 5) is 8.46. The van der Waals surface area contributed by atoms with Gasteiger partial charge < -0.3 is 10.3 Å². The number of rotatable bonds is 2. The number of nitrogens with one attached hydrogen (secondary N) is 1. The summed E-state index contributed by atoms with van der Waals surface area (Å²) < 4.78 is 1.81. The van der Waals surface area contributed by atoms with Crippen LogP contribution in [0.3, 0.4) is 0 Å². The molecule has 0 amide bonds. The Hall–Kier alpha value is -2.15. The summed E-state index contributed by atoms with van der Waals surface area (Å²) in [5.41, 5.74) is 9.97. The molecule has 6 nitrogen and oxygen atoms in total. The summed E-state index contributed by atoms with van der Waals surface area (Å²) >= 11 is 1.54. The number of nitrogen functional groups attached to an aromatic ring is 1. The SMILES string of the molecule is Nc1[nH]ncc1-n1cnc(-c2cscn2)c1. The molecular formula is C9H8N6S. The number of anilines is 1. The van der Waals surface area contributed by atoms with Gasteiger partial charge in [0, 0.05) is 11.6 Å². The first kappa shape index (κ1) is 9.10. The smallest absolute Gasteiger partial charge is 0.143 e. The lowest BCUT2D eigenvalue weighted by Crippen LogP contribution is -1.94. The molecule has 0 saturated carbocycles. The predicted octanol–water partition coefficient (Wildman–Crippen LogP) is 1.30. The van der Waals surface area contributed by atoms with E-state index in [1.165, 1.54) is 0 Å². The van der Waals surface area contributed by atoms with Gasteiger partial charge in [0.1, 0.15) is 29.2 Å². The number of hydrogen-bond acceptors (Lipinski definition) is 5. The van der Waals surface area contributed by atoms with Crippen molar-refractivity contribution in [3.8, 4) is 17.1 Å². The van der Waals surface area contributed by atoms with Crippen molar-refractivity contribution < 1.29 is 0 Å². The Bertz CT molecular complexity index is 593.